The molecule has 0 unspecified atom stereocenters. The topological polar surface area (TPSA) is 39.7 Å². The highest BCUT2D eigenvalue weighted by Gasteiger charge is 2.21. The molecular weight excluding hydrogens is 386 g/mol. The van der Waals surface area contributed by atoms with Gasteiger partial charge in [0.2, 0.25) is 6.79 Å². The quantitative estimate of drug-likeness (QED) is 0.506. The van der Waals surface area contributed by atoms with Crippen molar-refractivity contribution in [3.8, 4) is 17.2 Å². The van der Waals surface area contributed by atoms with Gasteiger partial charge in [-0.3, -0.25) is 0 Å². The summed E-state index contributed by atoms with van der Waals surface area (Å²) >= 11 is 5.97. The number of nitrogens with one attached hydrogen (secondary N) is 1. The van der Waals surface area contributed by atoms with Gasteiger partial charge in [0.1, 0.15) is 5.75 Å². The summed E-state index contributed by atoms with van der Waals surface area (Å²) < 4.78 is 16.7. The maximum absolute atomic E-state index is 5.97. The molecule has 0 fully saturated rings. The van der Waals surface area contributed by atoms with Crippen LogP contribution in [0.5, 0.6) is 17.2 Å². The molecular formula is C24H24ClNO3. The lowest BCUT2D eigenvalue weighted by Crippen LogP contribution is -2.18. The number of hydrogen-bond donors (Lipinski definition) is 1. The molecule has 29 heavy (non-hydrogen) atoms. The van der Waals surface area contributed by atoms with E-state index in [4.69, 9.17) is 25.8 Å². The SMILES string of the molecule is COc1ccccc1[C@H](CCNCc1ccc(Cl)cc1)c1ccc2c(c1)OCO2. The summed E-state index contributed by atoms with van der Waals surface area (Å²) in [6.07, 6.45) is 0.924. The summed E-state index contributed by atoms with van der Waals surface area (Å²) in [5.74, 6) is 2.68. The van der Waals surface area contributed by atoms with Gasteiger partial charge in [-0.15, -0.1) is 0 Å². The molecule has 1 heterocycles. The fraction of sp³-hybridized carbons (Fsp3) is 0.250. The molecule has 0 saturated carbocycles. The predicted molar refractivity (Wildman–Crippen MR) is 115 cm³/mol. The van der Waals surface area contributed by atoms with Crippen molar-refractivity contribution in [3.05, 3.63) is 88.4 Å². The monoisotopic (exact) mass is 409 g/mol. The second kappa shape index (κ2) is 9.21. The molecule has 4 nitrogen and oxygen atoms in total. The lowest BCUT2D eigenvalue weighted by Gasteiger charge is -2.21. The fourth-order valence-electron chi connectivity index (χ4n) is 3.67. The third kappa shape index (κ3) is 4.66. The molecule has 3 aromatic carbocycles. The summed E-state index contributed by atoms with van der Waals surface area (Å²) in [4.78, 5) is 0. The van der Waals surface area contributed by atoms with Gasteiger partial charge in [0.05, 0.1) is 7.11 Å². The van der Waals surface area contributed by atoms with Crippen molar-refractivity contribution in [2.75, 3.05) is 20.4 Å². The summed E-state index contributed by atoms with van der Waals surface area (Å²) in [7, 11) is 1.72. The first kappa shape index (κ1) is 19.6. The first-order valence-corrected chi connectivity index (χ1v) is 10.1. The molecule has 0 aliphatic carbocycles. The summed E-state index contributed by atoms with van der Waals surface area (Å²) in [5.41, 5.74) is 3.57. The van der Waals surface area contributed by atoms with Crippen molar-refractivity contribution in [1.29, 1.82) is 0 Å². The van der Waals surface area contributed by atoms with Gasteiger partial charge in [-0.2, -0.15) is 0 Å². The zero-order valence-electron chi connectivity index (χ0n) is 16.4. The van der Waals surface area contributed by atoms with E-state index in [1.165, 1.54) is 16.7 Å². The highest BCUT2D eigenvalue weighted by Crippen LogP contribution is 2.39. The Kier molecular flexibility index (Phi) is 6.23. The minimum absolute atomic E-state index is 0.179. The van der Waals surface area contributed by atoms with Gasteiger partial charge in [-0.1, -0.05) is 48.0 Å². The first-order chi connectivity index (χ1) is 14.2. The maximum Gasteiger partial charge on any atom is 0.231 e. The van der Waals surface area contributed by atoms with Crippen molar-refractivity contribution in [1.82, 2.24) is 5.32 Å². The van der Waals surface area contributed by atoms with Crippen molar-refractivity contribution >= 4 is 11.6 Å². The van der Waals surface area contributed by atoms with Gasteiger partial charge in [0, 0.05) is 23.0 Å². The molecule has 0 saturated heterocycles. The van der Waals surface area contributed by atoms with Crippen molar-refractivity contribution in [2.24, 2.45) is 0 Å². The van der Waals surface area contributed by atoms with Gasteiger partial charge in [0.15, 0.2) is 11.5 Å². The Hall–Kier alpha value is -2.69. The molecule has 0 bridgehead atoms. The predicted octanol–water partition coefficient (Wildman–Crippen LogP) is 5.39. The number of fused-ring (bicyclic) bond motifs is 1. The molecule has 5 heteroatoms. The van der Waals surface area contributed by atoms with Crippen LogP contribution in [0.25, 0.3) is 0 Å². The van der Waals surface area contributed by atoms with Crippen LogP contribution >= 0.6 is 11.6 Å². The van der Waals surface area contributed by atoms with E-state index >= 15 is 0 Å². The normalized spacial score (nSPS) is 13.3. The van der Waals surface area contributed by atoms with E-state index < -0.39 is 0 Å². The Labute approximate surface area is 176 Å². The summed E-state index contributed by atoms with van der Waals surface area (Å²) in [6.45, 7) is 1.94. The lowest BCUT2D eigenvalue weighted by atomic mass is 9.87. The largest absolute Gasteiger partial charge is 0.496 e. The molecule has 0 radical (unpaired) electrons. The van der Waals surface area contributed by atoms with Crippen LogP contribution in [0, 0.1) is 0 Å². The molecule has 1 atom stereocenters. The van der Waals surface area contributed by atoms with E-state index in [0.717, 1.165) is 41.8 Å². The van der Waals surface area contributed by atoms with Gasteiger partial charge < -0.3 is 19.5 Å². The highest BCUT2D eigenvalue weighted by atomic mass is 35.5. The molecule has 1 N–H and O–H groups in total. The maximum atomic E-state index is 5.97. The third-order valence-corrected chi connectivity index (χ3v) is 5.42. The van der Waals surface area contributed by atoms with E-state index in [1.807, 2.05) is 42.5 Å². The van der Waals surface area contributed by atoms with Crippen LogP contribution in [0.3, 0.4) is 0 Å². The van der Waals surface area contributed by atoms with Crippen LogP contribution in [0.4, 0.5) is 0 Å². The highest BCUT2D eigenvalue weighted by molar-refractivity contribution is 6.30. The standard InChI is InChI=1S/C24H24ClNO3/c1-27-22-5-3-2-4-21(22)20(18-8-11-23-24(14-18)29-16-28-23)12-13-26-15-17-6-9-19(25)10-7-17/h2-11,14,20,26H,12-13,15-16H2,1H3/t20-/m1/s1. The third-order valence-electron chi connectivity index (χ3n) is 5.17. The molecule has 4 rings (SSSR count). The van der Waals surface area contributed by atoms with Gasteiger partial charge in [-0.05, 0) is 54.4 Å². The average Bonchev–Trinajstić information content (AvgIpc) is 3.23. The van der Waals surface area contributed by atoms with E-state index in [2.05, 4.69) is 29.6 Å². The number of benzene rings is 3. The van der Waals surface area contributed by atoms with Crippen molar-refractivity contribution in [2.45, 2.75) is 18.9 Å². The molecule has 0 spiro atoms. The second-order valence-corrected chi connectivity index (χ2v) is 7.44. The minimum Gasteiger partial charge on any atom is -0.496 e. The molecule has 3 aromatic rings. The molecule has 0 amide bonds. The fourth-order valence-corrected chi connectivity index (χ4v) is 3.79. The minimum atomic E-state index is 0.179. The Balaban J connectivity index is 1.51. The Bertz CT molecular complexity index is 959. The van der Waals surface area contributed by atoms with E-state index in [9.17, 15) is 0 Å². The number of ether oxygens (including phenoxy) is 3. The van der Waals surface area contributed by atoms with Crippen LogP contribution in [0.1, 0.15) is 29.0 Å². The number of methoxy groups -OCH3 is 1. The van der Waals surface area contributed by atoms with Crippen LogP contribution in [0.2, 0.25) is 5.02 Å². The zero-order chi connectivity index (χ0) is 20.1. The smallest absolute Gasteiger partial charge is 0.231 e. The van der Waals surface area contributed by atoms with E-state index in [1.54, 1.807) is 7.11 Å². The Morgan fingerprint density at radius 3 is 2.62 bits per heavy atom. The zero-order valence-corrected chi connectivity index (χ0v) is 17.1. The summed E-state index contributed by atoms with van der Waals surface area (Å²) in [5, 5.41) is 4.30. The van der Waals surface area contributed by atoms with Crippen LogP contribution < -0.4 is 19.5 Å². The number of rotatable bonds is 8. The number of para-hydroxylation sites is 1. The molecule has 0 aromatic heterocycles. The van der Waals surface area contributed by atoms with E-state index in [-0.39, 0.29) is 12.7 Å². The van der Waals surface area contributed by atoms with Crippen molar-refractivity contribution in [3.63, 3.8) is 0 Å². The van der Waals surface area contributed by atoms with Crippen LogP contribution in [-0.2, 0) is 6.54 Å². The Morgan fingerprint density at radius 1 is 1.00 bits per heavy atom. The molecule has 150 valence electrons. The van der Waals surface area contributed by atoms with Gasteiger partial charge in [-0.25, -0.2) is 0 Å². The van der Waals surface area contributed by atoms with Gasteiger partial charge >= 0.3 is 0 Å². The molecule has 1 aliphatic rings. The van der Waals surface area contributed by atoms with E-state index in [0.29, 0.717) is 0 Å². The molecule has 1 aliphatic heterocycles. The number of hydrogen-bond acceptors (Lipinski definition) is 4. The first-order valence-electron chi connectivity index (χ1n) is 9.72. The average molecular weight is 410 g/mol. The lowest BCUT2D eigenvalue weighted by molar-refractivity contribution is 0.174. The van der Waals surface area contributed by atoms with Crippen LogP contribution in [0.15, 0.2) is 66.7 Å². The number of halogens is 1. The second-order valence-electron chi connectivity index (χ2n) is 7.00. The van der Waals surface area contributed by atoms with Gasteiger partial charge in [0.25, 0.3) is 0 Å². The Morgan fingerprint density at radius 2 is 1.79 bits per heavy atom. The summed E-state index contributed by atoms with van der Waals surface area (Å²) in [6, 6.07) is 22.3. The van der Waals surface area contributed by atoms with Crippen LogP contribution in [-0.4, -0.2) is 20.4 Å². The van der Waals surface area contributed by atoms with Crippen molar-refractivity contribution < 1.29 is 14.2 Å².